The highest BCUT2D eigenvalue weighted by atomic mass is 35.5. The molecule has 1 aromatic rings. The molecule has 1 fully saturated rings. The zero-order valence-electron chi connectivity index (χ0n) is 9.03. The van der Waals surface area contributed by atoms with Gasteiger partial charge in [0.2, 0.25) is 0 Å². The van der Waals surface area contributed by atoms with Gasteiger partial charge in [-0.25, -0.2) is 0 Å². The summed E-state index contributed by atoms with van der Waals surface area (Å²) in [4.78, 5) is 0. The number of hydrogen-bond acceptors (Lipinski definition) is 3. The number of nitriles is 1. The molecule has 0 spiro atoms. The Morgan fingerprint density at radius 1 is 1.50 bits per heavy atom. The van der Waals surface area contributed by atoms with Crippen LogP contribution in [0.3, 0.4) is 0 Å². The molecule has 0 radical (unpaired) electrons. The van der Waals surface area contributed by atoms with E-state index in [-0.39, 0.29) is 0 Å². The Balaban J connectivity index is 1.98. The molecule has 0 unspecified atom stereocenters. The maximum atomic E-state index is 8.85. The summed E-state index contributed by atoms with van der Waals surface area (Å²) >= 11 is 5.86. The van der Waals surface area contributed by atoms with Crippen molar-refractivity contribution in [1.29, 1.82) is 5.26 Å². The summed E-state index contributed by atoms with van der Waals surface area (Å²) in [5.41, 5.74) is 1.45. The van der Waals surface area contributed by atoms with Crippen LogP contribution in [-0.4, -0.2) is 19.3 Å². The van der Waals surface area contributed by atoms with Crippen molar-refractivity contribution in [2.75, 3.05) is 12.4 Å². The van der Waals surface area contributed by atoms with Crippen molar-refractivity contribution in [3.05, 3.63) is 28.8 Å². The first kappa shape index (κ1) is 11.3. The summed E-state index contributed by atoms with van der Waals surface area (Å²) in [5.74, 6) is 0. The van der Waals surface area contributed by atoms with Gasteiger partial charge in [-0.05, 0) is 31.0 Å². The van der Waals surface area contributed by atoms with Gasteiger partial charge in [0.25, 0.3) is 0 Å². The average molecular weight is 237 g/mol. The van der Waals surface area contributed by atoms with Crippen LogP contribution in [0.5, 0.6) is 0 Å². The van der Waals surface area contributed by atoms with E-state index < -0.39 is 0 Å². The molecule has 16 heavy (non-hydrogen) atoms. The number of nitrogens with one attached hydrogen (secondary N) is 1. The third-order valence-corrected chi connectivity index (χ3v) is 3.22. The molecule has 0 bridgehead atoms. The normalized spacial score (nSPS) is 23.3. The van der Waals surface area contributed by atoms with Gasteiger partial charge in [0.15, 0.2) is 0 Å². The smallest absolute Gasteiger partial charge is 0.101 e. The van der Waals surface area contributed by atoms with Gasteiger partial charge in [-0.3, -0.25) is 0 Å². The van der Waals surface area contributed by atoms with Gasteiger partial charge in [0.05, 0.1) is 16.7 Å². The van der Waals surface area contributed by atoms with Crippen molar-refractivity contribution >= 4 is 17.3 Å². The Kier molecular flexibility index (Phi) is 3.33. The summed E-state index contributed by atoms with van der Waals surface area (Å²) in [5, 5.41) is 12.7. The molecule has 0 heterocycles. The zero-order chi connectivity index (χ0) is 11.5. The lowest BCUT2D eigenvalue weighted by Gasteiger charge is -2.35. The molecular formula is C12H13ClN2O. The number of ether oxygens (including phenoxy) is 1. The highest BCUT2D eigenvalue weighted by Gasteiger charge is 2.28. The van der Waals surface area contributed by atoms with E-state index in [9.17, 15) is 0 Å². The molecule has 1 saturated carbocycles. The van der Waals surface area contributed by atoms with E-state index in [4.69, 9.17) is 21.6 Å². The average Bonchev–Trinajstić information content (AvgIpc) is 2.25. The fourth-order valence-electron chi connectivity index (χ4n) is 1.81. The Morgan fingerprint density at radius 3 is 2.88 bits per heavy atom. The van der Waals surface area contributed by atoms with Gasteiger partial charge in [-0.15, -0.1) is 0 Å². The largest absolute Gasteiger partial charge is 0.382 e. The van der Waals surface area contributed by atoms with Crippen molar-refractivity contribution in [2.45, 2.75) is 25.0 Å². The molecule has 1 aliphatic carbocycles. The molecule has 4 heteroatoms. The second-order valence-electron chi connectivity index (χ2n) is 3.98. The van der Waals surface area contributed by atoms with Crippen molar-refractivity contribution in [3.63, 3.8) is 0 Å². The van der Waals surface area contributed by atoms with Gasteiger partial charge in [-0.2, -0.15) is 5.26 Å². The van der Waals surface area contributed by atoms with Crippen LogP contribution >= 0.6 is 11.6 Å². The summed E-state index contributed by atoms with van der Waals surface area (Å²) in [6, 6.07) is 7.93. The lowest BCUT2D eigenvalue weighted by molar-refractivity contribution is 0.0329. The minimum Gasteiger partial charge on any atom is -0.382 e. The van der Waals surface area contributed by atoms with Crippen LogP contribution in [0, 0.1) is 11.3 Å². The van der Waals surface area contributed by atoms with E-state index in [2.05, 4.69) is 11.4 Å². The molecule has 0 saturated heterocycles. The van der Waals surface area contributed by atoms with Crippen LogP contribution in [0.15, 0.2) is 18.2 Å². The zero-order valence-corrected chi connectivity index (χ0v) is 9.79. The number of nitrogens with zero attached hydrogens (tertiary/aromatic N) is 1. The SMILES string of the molecule is COC1CC(Nc2ccc(Cl)c(C#N)c2)C1. The van der Waals surface area contributed by atoms with Crippen LogP contribution in [-0.2, 0) is 4.74 Å². The molecule has 1 aromatic carbocycles. The molecule has 1 aliphatic rings. The second-order valence-corrected chi connectivity index (χ2v) is 4.38. The molecule has 0 atom stereocenters. The van der Waals surface area contributed by atoms with Gasteiger partial charge < -0.3 is 10.1 Å². The summed E-state index contributed by atoms with van der Waals surface area (Å²) in [6.07, 6.45) is 2.41. The number of methoxy groups -OCH3 is 1. The lowest BCUT2D eigenvalue weighted by Crippen LogP contribution is -2.40. The van der Waals surface area contributed by atoms with E-state index in [0.29, 0.717) is 22.7 Å². The monoisotopic (exact) mass is 236 g/mol. The quantitative estimate of drug-likeness (QED) is 0.878. The van der Waals surface area contributed by atoms with Crippen LogP contribution in [0.1, 0.15) is 18.4 Å². The van der Waals surface area contributed by atoms with Crippen LogP contribution in [0.2, 0.25) is 5.02 Å². The Hall–Kier alpha value is -1.24. The molecule has 0 aromatic heterocycles. The number of anilines is 1. The standard InChI is InChI=1S/C12H13ClN2O/c1-16-11-5-10(6-11)15-9-2-3-12(13)8(4-9)7-14/h2-4,10-11,15H,5-6H2,1H3. The minimum atomic E-state index is 0.375. The summed E-state index contributed by atoms with van der Waals surface area (Å²) in [7, 11) is 1.73. The number of hydrogen-bond donors (Lipinski definition) is 1. The minimum absolute atomic E-state index is 0.375. The van der Waals surface area contributed by atoms with Crippen molar-refractivity contribution in [1.82, 2.24) is 0 Å². The summed E-state index contributed by atoms with van der Waals surface area (Å²) in [6.45, 7) is 0. The molecular weight excluding hydrogens is 224 g/mol. The van der Waals surface area contributed by atoms with E-state index in [1.54, 1.807) is 19.2 Å². The third kappa shape index (κ3) is 2.29. The molecule has 0 aliphatic heterocycles. The molecule has 84 valence electrons. The van der Waals surface area contributed by atoms with E-state index >= 15 is 0 Å². The van der Waals surface area contributed by atoms with Gasteiger partial charge >= 0.3 is 0 Å². The van der Waals surface area contributed by atoms with Crippen molar-refractivity contribution in [3.8, 4) is 6.07 Å². The third-order valence-electron chi connectivity index (χ3n) is 2.89. The molecule has 2 rings (SSSR count). The topological polar surface area (TPSA) is 45.0 Å². The maximum Gasteiger partial charge on any atom is 0.101 e. The van der Waals surface area contributed by atoms with Crippen LogP contribution in [0.4, 0.5) is 5.69 Å². The maximum absolute atomic E-state index is 8.85. The number of rotatable bonds is 3. The molecule has 0 amide bonds. The fraction of sp³-hybridized carbons (Fsp3) is 0.417. The Bertz CT molecular complexity index is 422. The van der Waals surface area contributed by atoms with Gasteiger partial charge in [0, 0.05) is 18.8 Å². The van der Waals surface area contributed by atoms with E-state index in [1.165, 1.54) is 0 Å². The predicted octanol–water partition coefficient (Wildman–Crippen LogP) is 2.80. The first-order valence-corrected chi connectivity index (χ1v) is 5.59. The highest BCUT2D eigenvalue weighted by Crippen LogP contribution is 2.27. The fourth-order valence-corrected chi connectivity index (χ4v) is 1.97. The summed E-state index contributed by atoms with van der Waals surface area (Å²) < 4.78 is 5.20. The van der Waals surface area contributed by atoms with Gasteiger partial charge in [0.1, 0.15) is 6.07 Å². The lowest BCUT2D eigenvalue weighted by atomic mass is 9.89. The predicted molar refractivity (Wildman–Crippen MR) is 63.6 cm³/mol. The van der Waals surface area contributed by atoms with E-state index in [1.807, 2.05) is 6.07 Å². The number of benzene rings is 1. The van der Waals surface area contributed by atoms with Crippen molar-refractivity contribution in [2.24, 2.45) is 0 Å². The first-order valence-electron chi connectivity index (χ1n) is 5.22. The number of halogens is 1. The van der Waals surface area contributed by atoms with Crippen molar-refractivity contribution < 1.29 is 4.74 Å². The van der Waals surface area contributed by atoms with E-state index in [0.717, 1.165) is 18.5 Å². The Labute approximate surface area is 100.0 Å². The second kappa shape index (κ2) is 4.73. The Morgan fingerprint density at radius 2 is 2.25 bits per heavy atom. The first-order chi connectivity index (χ1) is 7.72. The molecule has 3 nitrogen and oxygen atoms in total. The van der Waals surface area contributed by atoms with Crippen LogP contribution < -0.4 is 5.32 Å². The van der Waals surface area contributed by atoms with Gasteiger partial charge in [-0.1, -0.05) is 11.6 Å². The highest BCUT2D eigenvalue weighted by molar-refractivity contribution is 6.31. The molecule has 1 N–H and O–H groups in total. The van der Waals surface area contributed by atoms with Crippen LogP contribution in [0.25, 0.3) is 0 Å².